The monoisotopic (exact) mass is 808 g/mol. The summed E-state index contributed by atoms with van der Waals surface area (Å²) in [6.07, 6.45) is 0. The third kappa shape index (κ3) is 75.0. The van der Waals surface area contributed by atoms with E-state index >= 15 is 0 Å². The Balaban J connectivity index is -0.0000000487. The Bertz CT molecular complexity index is 577. The molecule has 6 N–H and O–H groups in total. The largest absolute Gasteiger partial charge is 3.00 e. The van der Waals surface area contributed by atoms with Gasteiger partial charge in [0.1, 0.15) is 0 Å². The van der Waals surface area contributed by atoms with Crippen LogP contribution in [0.2, 0.25) is 0 Å². The van der Waals surface area contributed by atoms with E-state index in [0.717, 1.165) is 0 Å². The van der Waals surface area contributed by atoms with Gasteiger partial charge in [0, 0.05) is 87.4 Å². The summed E-state index contributed by atoms with van der Waals surface area (Å²) in [6.45, 7) is 14.4. The molecule has 0 bridgehead atoms. The summed E-state index contributed by atoms with van der Waals surface area (Å²) >= 11 is 0. The Morgan fingerprint density at radius 2 is 0.372 bits per heavy atom. The van der Waals surface area contributed by atoms with Crippen molar-refractivity contribution in [1.82, 2.24) is 29.4 Å². The molecular formula is C18H54F12Mn2N6O3P2+4. The SMILES string of the molecule is CN1CCN(C)CCN(C)CC1.CN1CCN(C)CCN(C)CC1.F[P-](F)(F)(F)(F)F.F[P-](F)(F)(F)(F)F.O.O.O.[2H][2H].[2H][2H].[2H][2H].[Mn+3].[Mn+3]. The van der Waals surface area contributed by atoms with Gasteiger partial charge in [0.2, 0.25) is 0 Å². The average Bonchev–Trinajstić information content (AvgIpc) is 2.97. The van der Waals surface area contributed by atoms with E-state index in [4.69, 9.17) is 8.91 Å². The van der Waals surface area contributed by atoms with Crippen LogP contribution >= 0.6 is 15.6 Å². The molecule has 2 aliphatic rings. The van der Waals surface area contributed by atoms with Crippen molar-refractivity contribution in [2.75, 3.05) is 121 Å². The first-order valence-corrected chi connectivity index (χ1v) is 15.6. The maximum absolute atomic E-state index is 10.7. The Morgan fingerprint density at radius 3 is 0.419 bits per heavy atom. The third-order valence-corrected chi connectivity index (χ3v) is 5.18. The zero-order valence-electron chi connectivity index (χ0n) is 30.9. The van der Waals surface area contributed by atoms with E-state index < -0.39 is 15.6 Å². The summed E-state index contributed by atoms with van der Waals surface area (Å²) in [7, 11) is -8.11. The molecule has 43 heavy (non-hydrogen) atoms. The topological polar surface area (TPSA) is 114 Å². The summed E-state index contributed by atoms with van der Waals surface area (Å²) in [5.41, 5.74) is 0. The van der Waals surface area contributed by atoms with Gasteiger partial charge in [-0.1, -0.05) is 0 Å². The first-order chi connectivity index (χ1) is 19.3. The number of hydrogen-bond donors (Lipinski definition) is 0. The predicted octanol–water partition coefficient (Wildman–Crippen LogP) is 4.61. The van der Waals surface area contributed by atoms with Crippen LogP contribution in [0, 0.1) is 0 Å². The smallest absolute Gasteiger partial charge is 0.412 e. The van der Waals surface area contributed by atoms with Crippen LogP contribution in [0.15, 0.2) is 0 Å². The second-order valence-electron chi connectivity index (χ2n) is 9.74. The van der Waals surface area contributed by atoms with Crippen LogP contribution in [0.1, 0.15) is 8.91 Å². The molecule has 2 aliphatic heterocycles. The summed E-state index contributed by atoms with van der Waals surface area (Å²) in [5, 5.41) is 0. The standard InChI is InChI=1S/2C9H21N3.2F6P.2Mn.3H2O.3H2/c2*1-10-4-6-11(2)8-9-12(3)7-5-10;2*1-7(2,3,4,5)6;;;;;;;;/h2*4-9H2,1-3H3;;;;;3*1H2;3*1H/q;;2*-1;2*+3;;;;;;/i;;;;;;;;;3*1+1D. The summed E-state index contributed by atoms with van der Waals surface area (Å²) < 4.78 is 148. The van der Waals surface area contributed by atoms with E-state index in [9.17, 15) is 50.4 Å². The van der Waals surface area contributed by atoms with Crippen molar-refractivity contribution in [3.8, 4) is 0 Å². The Morgan fingerprint density at radius 1 is 0.326 bits per heavy atom. The number of nitrogens with zero attached hydrogens (tertiary/aromatic N) is 6. The zero-order chi connectivity index (χ0) is 36.8. The van der Waals surface area contributed by atoms with Crippen molar-refractivity contribution in [2.45, 2.75) is 0 Å². The summed E-state index contributed by atoms with van der Waals surface area (Å²) in [6, 6.07) is 0. The van der Waals surface area contributed by atoms with Gasteiger partial charge in [-0.25, -0.2) is 0 Å². The van der Waals surface area contributed by atoms with Crippen LogP contribution in [0.5, 0.6) is 0 Å². The molecule has 9 nitrogen and oxygen atoms in total. The molecule has 2 saturated heterocycles. The van der Waals surface area contributed by atoms with Gasteiger partial charge in [0.05, 0.1) is 0 Å². The summed E-state index contributed by atoms with van der Waals surface area (Å²) in [5.74, 6) is 0. The minimum Gasteiger partial charge on any atom is -0.412 e. The Hall–Kier alpha value is 0.699. The molecule has 25 heteroatoms. The quantitative estimate of drug-likeness (QED) is 0.201. The van der Waals surface area contributed by atoms with Gasteiger partial charge >= 0.3 is 100 Å². The van der Waals surface area contributed by atoms with Crippen LogP contribution in [0.25, 0.3) is 0 Å². The second kappa shape index (κ2) is 20.2. The fourth-order valence-corrected chi connectivity index (χ4v) is 2.72. The van der Waals surface area contributed by atoms with E-state index in [1.54, 1.807) is 0 Å². The van der Waals surface area contributed by atoms with Gasteiger partial charge in [-0.15, -0.1) is 0 Å². The first-order valence-electron chi connectivity index (χ1n) is 14.5. The minimum absolute atomic E-state index is 0. The van der Waals surface area contributed by atoms with Crippen molar-refractivity contribution in [2.24, 2.45) is 0 Å². The molecule has 2 rings (SSSR count). The molecule has 0 spiro atoms. The predicted molar refractivity (Wildman–Crippen MR) is 149 cm³/mol. The molecule has 0 aromatic heterocycles. The van der Waals surface area contributed by atoms with E-state index in [0.29, 0.717) is 0 Å². The van der Waals surface area contributed by atoms with Crippen LogP contribution < -0.4 is 0 Å². The molecule has 2 heterocycles. The van der Waals surface area contributed by atoms with Crippen molar-refractivity contribution in [3.63, 3.8) is 0 Å². The van der Waals surface area contributed by atoms with Crippen LogP contribution in [-0.2, 0) is 34.1 Å². The Labute approximate surface area is 275 Å². The van der Waals surface area contributed by atoms with Crippen LogP contribution in [-0.4, -0.2) is 167 Å². The van der Waals surface area contributed by atoms with Gasteiger partial charge in [0.15, 0.2) is 0 Å². The van der Waals surface area contributed by atoms with Gasteiger partial charge in [0.25, 0.3) is 0 Å². The number of hydrogen-bond acceptors (Lipinski definition) is 6. The average molecular weight is 809 g/mol. The molecule has 0 radical (unpaired) electrons. The van der Waals surface area contributed by atoms with Gasteiger partial charge in [-0.3, -0.25) is 0 Å². The van der Waals surface area contributed by atoms with Crippen molar-refractivity contribution >= 4 is 15.6 Å². The molecule has 0 unspecified atom stereocenters. The maximum atomic E-state index is 9.87. The molecule has 2 fully saturated rings. The van der Waals surface area contributed by atoms with Crippen LogP contribution in [0.4, 0.5) is 50.4 Å². The van der Waals surface area contributed by atoms with E-state index in [-0.39, 0.29) is 50.6 Å². The molecule has 0 atom stereocenters. The Kier molecular flexibility index (Phi) is 23.7. The number of likely N-dealkylation sites (N-methyl/N-ethyl adjacent to an activating group) is 6. The zero-order valence-corrected chi connectivity index (χ0v) is 29.0. The van der Waals surface area contributed by atoms with Crippen molar-refractivity contribution < 1.29 is 110 Å². The summed E-state index contributed by atoms with van der Waals surface area (Å²) in [4.78, 5) is 14.4. The molecule has 0 saturated carbocycles. The normalized spacial score (nSPS) is 22.7. The minimum atomic E-state index is -10.7. The third-order valence-electron chi connectivity index (χ3n) is 5.18. The van der Waals surface area contributed by atoms with Gasteiger partial charge in [-0.05, 0) is 42.3 Å². The fourth-order valence-electron chi connectivity index (χ4n) is 2.72. The molecular weight excluding hydrogens is 748 g/mol. The second-order valence-corrected chi connectivity index (χ2v) is 13.6. The van der Waals surface area contributed by atoms with E-state index in [2.05, 4.69) is 71.7 Å². The molecule has 0 aromatic carbocycles. The number of halogens is 12. The van der Waals surface area contributed by atoms with Crippen LogP contribution in [0.3, 0.4) is 0 Å². The molecule has 0 aliphatic carbocycles. The van der Waals surface area contributed by atoms with Crippen molar-refractivity contribution in [3.05, 3.63) is 0 Å². The first kappa shape index (κ1) is 50.6. The van der Waals surface area contributed by atoms with Crippen molar-refractivity contribution in [1.29, 1.82) is 0 Å². The molecule has 278 valence electrons. The van der Waals surface area contributed by atoms with Gasteiger partial charge in [-0.2, -0.15) is 0 Å². The van der Waals surface area contributed by atoms with E-state index in [1.807, 2.05) is 0 Å². The molecule has 0 amide bonds. The fraction of sp³-hybridized carbons (Fsp3) is 1.00. The molecule has 0 aromatic rings. The maximum Gasteiger partial charge on any atom is 3.00 e. The number of rotatable bonds is 0. The van der Waals surface area contributed by atoms with E-state index in [1.165, 1.54) is 78.5 Å². The van der Waals surface area contributed by atoms with Gasteiger partial charge < -0.3 is 45.8 Å².